The normalized spacial score (nSPS) is 27.1. The van der Waals surface area contributed by atoms with E-state index in [4.69, 9.17) is 0 Å². The Morgan fingerprint density at radius 1 is 0.818 bits per heavy atom. The van der Waals surface area contributed by atoms with Crippen LogP contribution in [0.5, 0.6) is 0 Å². The fourth-order valence-electron chi connectivity index (χ4n) is 6.03. The Hall–Kier alpha value is -2.46. The topological polar surface area (TPSA) is 26.7 Å². The summed E-state index contributed by atoms with van der Waals surface area (Å²) in [5, 5.41) is 12.1. The zero-order chi connectivity index (χ0) is 22.7. The van der Waals surface area contributed by atoms with Gasteiger partial charge in [-0.25, -0.2) is 0 Å². The number of rotatable bonds is 6. The van der Waals surface area contributed by atoms with Gasteiger partial charge in [0.25, 0.3) is 0 Å². The Morgan fingerprint density at radius 3 is 2.03 bits per heavy atom. The van der Waals surface area contributed by atoms with Crippen LogP contribution < -0.4 is 0 Å². The summed E-state index contributed by atoms with van der Waals surface area (Å²) < 4.78 is 0. The molecule has 2 fully saturated rings. The Balaban J connectivity index is 1.32. The van der Waals surface area contributed by atoms with E-state index in [2.05, 4.69) is 102 Å². The van der Waals surface area contributed by atoms with Crippen molar-refractivity contribution in [3.05, 3.63) is 108 Å². The molecular weight excluding hydrogens is 404 g/mol. The predicted octanol–water partition coefficient (Wildman–Crippen LogP) is 5.27. The zero-order valence-corrected chi connectivity index (χ0v) is 19.7. The molecule has 0 aliphatic carbocycles. The van der Waals surface area contributed by atoms with Gasteiger partial charge in [0.15, 0.2) is 0 Å². The second-order valence-corrected chi connectivity index (χ2v) is 10.0. The van der Waals surface area contributed by atoms with Crippen LogP contribution in [0, 0.1) is 5.92 Å². The molecular formula is C30H36N2O. The predicted molar refractivity (Wildman–Crippen MR) is 135 cm³/mol. The van der Waals surface area contributed by atoms with Gasteiger partial charge >= 0.3 is 0 Å². The molecule has 3 unspecified atom stereocenters. The van der Waals surface area contributed by atoms with Gasteiger partial charge in [-0.15, -0.1) is 0 Å². The maximum Gasteiger partial charge on any atom is 0.108 e. The lowest BCUT2D eigenvalue weighted by molar-refractivity contribution is -0.0118. The molecule has 0 bridgehead atoms. The van der Waals surface area contributed by atoms with Crippen molar-refractivity contribution in [1.82, 2.24) is 9.80 Å². The van der Waals surface area contributed by atoms with Crippen molar-refractivity contribution in [3.8, 4) is 0 Å². The van der Waals surface area contributed by atoms with Crippen LogP contribution in [0.2, 0.25) is 0 Å². The van der Waals surface area contributed by atoms with Crippen molar-refractivity contribution in [1.29, 1.82) is 0 Å². The van der Waals surface area contributed by atoms with Crippen molar-refractivity contribution in [2.24, 2.45) is 5.92 Å². The van der Waals surface area contributed by atoms with Gasteiger partial charge < -0.3 is 10.0 Å². The molecule has 3 nitrogen and oxygen atoms in total. The van der Waals surface area contributed by atoms with Crippen LogP contribution in [0.15, 0.2) is 91.0 Å². The van der Waals surface area contributed by atoms with Crippen molar-refractivity contribution < 1.29 is 5.11 Å². The summed E-state index contributed by atoms with van der Waals surface area (Å²) in [4.78, 5) is 5.07. The highest BCUT2D eigenvalue weighted by Crippen LogP contribution is 2.42. The van der Waals surface area contributed by atoms with E-state index in [0.29, 0.717) is 18.5 Å². The standard InChI is InChI=1S/C30H36N2O/c1-24-29(22-31-19-17-27(18-20-31)26-13-7-3-8-14-26)30(33,28-15-9-4-10-16-28)23-32(24)21-25-11-5-2-6-12-25/h2-16,24,27,29,33H,17-23H2,1H3. The smallest absolute Gasteiger partial charge is 0.108 e. The molecule has 2 aliphatic rings. The van der Waals surface area contributed by atoms with Crippen LogP contribution in [-0.4, -0.2) is 47.1 Å². The van der Waals surface area contributed by atoms with Gasteiger partial charge in [-0.3, -0.25) is 4.90 Å². The number of β-amino-alcohol motifs (C(OH)–C–C–N with tert-alkyl or cyclic N) is 1. The summed E-state index contributed by atoms with van der Waals surface area (Å²) in [5.41, 5.74) is 3.01. The van der Waals surface area contributed by atoms with Gasteiger partial charge in [0.05, 0.1) is 0 Å². The third-order valence-corrected chi connectivity index (χ3v) is 8.03. The minimum Gasteiger partial charge on any atom is -0.383 e. The van der Waals surface area contributed by atoms with E-state index in [0.717, 1.165) is 31.7 Å². The van der Waals surface area contributed by atoms with Crippen LogP contribution in [0.3, 0.4) is 0 Å². The molecule has 1 N–H and O–H groups in total. The maximum atomic E-state index is 12.1. The molecule has 3 atom stereocenters. The van der Waals surface area contributed by atoms with Crippen LogP contribution in [-0.2, 0) is 12.1 Å². The van der Waals surface area contributed by atoms with Gasteiger partial charge in [-0.2, -0.15) is 0 Å². The molecule has 2 heterocycles. The van der Waals surface area contributed by atoms with Crippen LogP contribution in [0.4, 0.5) is 0 Å². The van der Waals surface area contributed by atoms with E-state index in [1.54, 1.807) is 0 Å². The number of hydrogen-bond donors (Lipinski definition) is 1. The number of nitrogens with zero attached hydrogens (tertiary/aromatic N) is 2. The Kier molecular flexibility index (Phi) is 6.64. The Labute approximate surface area is 198 Å². The SMILES string of the molecule is CC1C(CN2CCC(c3ccccc3)CC2)C(O)(c2ccccc2)CN1Cc1ccccc1. The average molecular weight is 441 g/mol. The van der Waals surface area contributed by atoms with E-state index in [1.807, 2.05) is 6.07 Å². The molecule has 0 radical (unpaired) electrons. The summed E-state index contributed by atoms with van der Waals surface area (Å²) in [6.07, 6.45) is 2.39. The molecule has 0 spiro atoms. The molecule has 3 heteroatoms. The molecule has 3 aromatic rings. The molecule has 0 amide bonds. The molecule has 2 aliphatic heterocycles. The highest BCUT2D eigenvalue weighted by molar-refractivity contribution is 5.28. The number of hydrogen-bond acceptors (Lipinski definition) is 3. The summed E-state index contributed by atoms with van der Waals surface area (Å²) >= 11 is 0. The minimum atomic E-state index is -0.828. The molecule has 3 aromatic carbocycles. The van der Waals surface area contributed by atoms with Gasteiger partial charge in [0, 0.05) is 31.6 Å². The second kappa shape index (κ2) is 9.80. The Bertz CT molecular complexity index is 1000. The second-order valence-electron chi connectivity index (χ2n) is 10.0. The highest BCUT2D eigenvalue weighted by atomic mass is 16.3. The summed E-state index contributed by atoms with van der Waals surface area (Å²) in [6, 6.07) is 32.3. The van der Waals surface area contributed by atoms with Crippen molar-refractivity contribution in [2.45, 2.75) is 43.9 Å². The van der Waals surface area contributed by atoms with Gasteiger partial charge in [0.1, 0.15) is 5.60 Å². The lowest BCUT2D eigenvalue weighted by Gasteiger charge is -2.38. The summed E-state index contributed by atoms with van der Waals surface area (Å²) in [6.45, 7) is 7.02. The van der Waals surface area contributed by atoms with Crippen molar-refractivity contribution >= 4 is 0 Å². The first-order valence-electron chi connectivity index (χ1n) is 12.5. The number of piperidine rings is 1. The first-order valence-corrected chi connectivity index (χ1v) is 12.5. The van der Waals surface area contributed by atoms with E-state index < -0.39 is 5.60 Å². The monoisotopic (exact) mass is 440 g/mol. The van der Waals surface area contributed by atoms with Gasteiger partial charge in [0.2, 0.25) is 0 Å². The minimum absolute atomic E-state index is 0.178. The molecule has 2 saturated heterocycles. The van der Waals surface area contributed by atoms with Crippen LogP contribution in [0.25, 0.3) is 0 Å². The van der Waals surface area contributed by atoms with E-state index in [9.17, 15) is 5.11 Å². The lowest BCUT2D eigenvalue weighted by Crippen LogP contribution is -2.45. The molecule has 5 rings (SSSR count). The van der Waals surface area contributed by atoms with Gasteiger partial charge in [-0.1, -0.05) is 91.0 Å². The third-order valence-electron chi connectivity index (χ3n) is 8.03. The highest BCUT2D eigenvalue weighted by Gasteiger charge is 2.51. The van der Waals surface area contributed by atoms with Crippen LogP contribution >= 0.6 is 0 Å². The first-order chi connectivity index (χ1) is 16.1. The number of likely N-dealkylation sites (tertiary alicyclic amines) is 2. The molecule has 33 heavy (non-hydrogen) atoms. The average Bonchev–Trinajstić information content (AvgIpc) is 3.11. The fraction of sp³-hybridized carbons (Fsp3) is 0.400. The Morgan fingerprint density at radius 2 is 1.39 bits per heavy atom. The van der Waals surface area contributed by atoms with Crippen molar-refractivity contribution in [3.63, 3.8) is 0 Å². The summed E-state index contributed by atoms with van der Waals surface area (Å²) in [5.74, 6) is 0.836. The fourth-order valence-corrected chi connectivity index (χ4v) is 6.03. The quantitative estimate of drug-likeness (QED) is 0.565. The van der Waals surface area contributed by atoms with Crippen LogP contribution in [0.1, 0.15) is 42.4 Å². The van der Waals surface area contributed by atoms with E-state index >= 15 is 0 Å². The molecule has 172 valence electrons. The lowest BCUT2D eigenvalue weighted by atomic mass is 9.80. The van der Waals surface area contributed by atoms with E-state index in [-0.39, 0.29) is 5.92 Å². The molecule has 0 aromatic heterocycles. The van der Waals surface area contributed by atoms with Crippen molar-refractivity contribution in [2.75, 3.05) is 26.2 Å². The number of aliphatic hydroxyl groups is 1. The largest absolute Gasteiger partial charge is 0.383 e. The third kappa shape index (κ3) is 4.77. The van der Waals surface area contributed by atoms with E-state index in [1.165, 1.54) is 24.0 Å². The first kappa shape index (κ1) is 22.3. The summed E-state index contributed by atoms with van der Waals surface area (Å²) in [7, 11) is 0. The molecule has 0 saturated carbocycles. The van der Waals surface area contributed by atoms with Gasteiger partial charge in [-0.05, 0) is 55.5 Å². The zero-order valence-electron chi connectivity index (χ0n) is 19.7. The number of benzene rings is 3. The maximum absolute atomic E-state index is 12.1.